The van der Waals surface area contributed by atoms with Gasteiger partial charge in [-0.3, -0.25) is 14.5 Å². The number of benzene rings is 2. The average molecular weight is 440 g/mol. The molecule has 4 rings (SSSR count). The van der Waals surface area contributed by atoms with Crippen molar-refractivity contribution in [3.05, 3.63) is 65.4 Å². The second-order valence-corrected chi connectivity index (χ2v) is 7.64. The first kappa shape index (κ1) is 21.6. The summed E-state index contributed by atoms with van der Waals surface area (Å²) in [7, 11) is 0. The molecule has 0 radical (unpaired) electrons. The number of amides is 2. The third-order valence-electron chi connectivity index (χ3n) is 5.48. The van der Waals surface area contributed by atoms with Crippen LogP contribution in [0, 0.1) is 11.6 Å². The third-order valence-corrected chi connectivity index (χ3v) is 5.48. The van der Waals surface area contributed by atoms with Crippen molar-refractivity contribution in [1.82, 2.24) is 14.8 Å². The number of nitrogens with two attached hydrogens (primary N) is 1. The second-order valence-electron chi connectivity index (χ2n) is 7.64. The van der Waals surface area contributed by atoms with Gasteiger partial charge in [0.15, 0.2) is 11.5 Å². The maximum absolute atomic E-state index is 14.1. The molecule has 1 saturated heterocycles. The van der Waals surface area contributed by atoms with Crippen LogP contribution in [0.15, 0.2) is 46.9 Å². The largest absolute Gasteiger partial charge is 0.435 e. The summed E-state index contributed by atoms with van der Waals surface area (Å²) in [4.78, 5) is 31.4. The Kier molecular flexibility index (Phi) is 6.00. The molecular formula is C23H22F2N4O3. The number of piperazine rings is 1. The monoisotopic (exact) mass is 440 g/mol. The molecule has 1 aromatic heterocycles. The van der Waals surface area contributed by atoms with Crippen molar-refractivity contribution in [3.8, 4) is 22.8 Å². The molecule has 0 atom stereocenters. The topological polar surface area (TPSA) is 92.7 Å². The van der Waals surface area contributed by atoms with Crippen LogP contribution in [0.2, 0.25) is 0 Å². The Morgan fingerprint density at radius 3 is 2.22 bits per heavy atom. The van der Waals surface area contributed by atoms with Gasteiger partial charge in [-0.2, -0.15) is 0 Å². The molecule has 0 unspecified atom stereocenters. The van der Waals surface area contributed by atoms with Gasteiger partial charge in [0, 0.05) is 45.2 Å². The summed E-state index contributed by atoms with van der Waals surface area (Å²) < 4.78 is 33.9. The molecule has 1 fully saturated rings. The number of rotatable bonds is 5. The highest BCUT2D eigenvalue weighted by Crippen LogP contribution is 2.32. The molecule has 1 aliphatic rings. The Bertz CT molecular complexity index is 1130. The minimum absolute atomic E-state index is 0.0526. The van der Waals surface area contributed by atoms with Crippen LogP contribution in [0.25, 0.3) is 22.8 Å². The van der Waals surface area contributed by atoms with Crippen molar-refractivity contribution in [2.45, 2.75) is 13.5 Å². The Hall–Kier alpha value is -3.59. The number of primary amides is 1. The van der Waals surface area contributed by atoms with Gasteiger partial charge >= 0.3 is 0 Å². The Labute approximate surface area is 183 Å². The first-order valence-corrected chi connectivity index (χ1v) is 10.2. The summed E-state index contributed by atoms with van der Waals surface area (Å²) >= 11 is 0. The zero-order valence-corrected chi connectivity index (χ0v) is 17.5. The minimum Gasteiger partial charge on any atom is -0.435 e. The lowest BCUT2D eigenvalue weighted by Crippen LogP contribution is -2.47. The van der Waals surface area contributed by atoms with E-state index in [2.05, 4.69) is 9.88 Å². The second kappa shape index (κ2) is 8.88. The van der Waals surface area contributed by atoms with Gasteiger partial charge in [0.25, 0.3) is 5.91 Å². The Balaban J connectivity index is 1.56. The van der Waals surface area contributed by atoms with E-state index in [-0.39, 0.29) is 23.3 Å². The molecule has 0 aliphatic carbocycles. The molecule has 2 heterocycles. The Morgan fingerprint density at radius 1 is 1.03 bits per heavy atom. The normalized spacial score (nSPS) is 14.5. The van der Waals surface area contributed by atoms with Crippen LogP contribution in [0.5, 0.6) is 0 Å². The maximum atomic E-state index is 14.1. The molecule has 3 aromatic rings. The number of aromatic nitrogens is 1. The van der Waals surface area contributed by atoms with Gasteiger partial charge in [-0.15, -0.1) is 0 Å². The van der Waals surface area contributed by atoms with E-state index in [1.807, 2.05) is 17.0 Å². The summed E-state index contributed by atoms with van der Waals surface area (Å²) in [6, 6.07) is 10.6. The number of hydrogen-bond acceptors (Lipinski definition) is 5. The van der Waals surface area contributed by atoms with Gasteiger partial charge in [0.05, 0.1) is 0 Å². The molecule has 1 aliphatic heterocycles. The number of hydrogen-bond donors (Lipinski definition) is 1. The molecule has 166 valence electrons. The van der Waals surface area contributed by atoms with E-state index in [4.69, 9.17) is 10.2 Å². The van der Waals surface area contributed by atoms with Crippen molar-refractivity contribution in [2.75, 3.05) is 26.2 Å². The highest BCUT2D eigenvalue weighted by molar-refractivity contribution is 5.97. The van der Waals surface area contributed by atoms with Crippen molar-refractivity contribution in [1.29, 1.82) is 0 Å². The quantitative estimate of drug-likeness (QED) is 0.658. The van der Waals surface area contributed by atoms with Crippen molar-refractivity contribution >= 4 is 11.8 Å². The van der Waals surface area contributed by atoms with Crippen LogP contribution in [-0.2, 0) is 11.3 Å². The van der Waals surface area contributed by atoms with E-state index in [0.717, 1.165) is 30.8 Å². The Morgan fingerprint density at radius 2 is 1.66 bits per heavy atom. The van der Waals surface area contributed by atoms with Gasteiger partial charge < -0.3 is 15.1 Å². The van der Waals surface area contributed by atoms with Crippen LogP contribution in [0.4, 0.5) is 8.78 Å². The standard InChI is InChI=1S/C23H22F2N4O3/c1-14(30)29-11-9-28(10-12-29)13-15-5-7-16(8-6-15)21-20(22(26)31)27-23(32-21)19-17(24)3-2-4-18(19)25/h2-8H,9-13H2,1H3,(H2,26,31). The fourth-order valence-corrected chi connectivity index (χ4v) is 3.73. The van der Waals surface area contributed by atoms with Crippen molar-refractivity contribution in [3.63, 3.8) is 0 Å². The van der Waals surface area contributed by atoms with Gasteiger partial charge in [0.1, 0.15) is 17.2 Å². The molecule has 2 N–H and O–H groups in total. The molecule has 9 heteroatoms. The lowest BCUT2D eigenvalue weighted by molar-refractivity contribution is -0.130. The summed E-state index contributed by atoms with van der Waals surface area (Å²) in [5.74, 6) is -2.78. The first-order valence-electron chi connectivity index (χ1n) is 10.2. The van der Waals surface area contributed by atoms with E-state index >= 15 is 0 Å². The molecule has 7 nitrogen and oxygen atoms in total. The fraction of sp³-hybridized carbons (Fsp3) is 0.261. The van der Waals surface area contributed by atoms with Crippen LogP contribution in [-0.4, -0.2) is 52.8 Å². The predicted molar refractivity (Wildman–Crippen MR) is 113 cm³/mol. The summed E-state index contributed by atoms with van der Waals surface area (Å²) in [6.07, 6.45) is 0. The van der Waals surface area contributed by atoms with Gasteiger partial charge in [-0.05, 0) is 17.7 Å². The van der Waals surface area contributed by atoms with Crippen LogP contribution < -0.4 is 5.73 Å². The summed E-state index contributed by atoms with van der Waals surface area (Å²) in [5.41, 5.74) is 6.31. The molecule has 32 heavy (non-hydrogen) atoms. The van der Waals surface area contributed by atoms with Gasteiger partial charge in [-0.1, -0.05) is 30.3 Å². The predicted octanol–water partition coefficient (Wildman–Crippen LogP) is 3.05. The number of oxazole rings is 1. The fourth-order valence-electron chi connectivity index (χ4n) is 3.73. The molecule has 2 amide bonds. The van der Waals surface area contributed by atoms with Crippen LogP contribution >= 0.6 is 0 Å². The SMILES string of the molecule is CC(=O)N1CCN(Cc2ccc(-c3oc(-c4c(F)cccc4F)nc3C(N)=O)cc2)CC1. The van der Waals surface area contributed by atoms with E-state index in [1.54, 1.807) is 19.1 Å². The highest BCUT2D eigenvalue weighted by atomic mass is 19.1. The van der Waals surface area contributed by atoms with Crippen molar-refractivity contribution in [2.24, 2.45) is 5.73 Å². The maximum Gasteiger partial charge on any atom is 0.271 e. The van der Waals surface area contributed by atoms with Gasteiger partial charge in [-0.25, -0.2) is 13.8 Å². The number of carbonyl (C=O) groups is 2. The van der Waals surface area contributed by atoms with Crippen LogP contribution in [0.3, 0.4) is 0 Å². The smallest absolute Gasteiger partial charge is 0.271 e. The number of nitrogens with zero attached hydrogens (tertiary/aromatic N) is 3. The van der Waals surface area contributed by atoms with Crippen LogP contribution in [0.1, 0.15) is 23.0 Å². The molecule has 2 aromatic carbocycles. The molecular weight excluding hydrogens is 418 g/mol. The van der Waals surface area contributed by atoms with E-state index < -0.39 is 23.1 Å². The lowest BCUT2D eigenvalue weighted by Gasteiger charge is -2.34. The van der Waals surface area contributed by atoms with E-state index in [1.165, 1.54) is 6.07 Å². The highest BCUT2D eigenvalue weighted by Gasteiger charge is 2.24. The summed E-state index contributed by atoms with van der Waals surface area (Å²) in [6.45, 7) is 5.24. The third kappa shape index (κ3) is 4.38. The summed E-state index contributed by atoms with van der Waals surface area (Å²) in [5, 5.41) is 0. The molecule has 0 bridgehead atoms. The van der Waals surface area contributed by atoms with E-state index in [0.29, 0.717) is 25.2 Å². The van der Waals surface area contributed by atoms with Crippen molar-refractivity contribution < 1.29 is 22.8 Å². The lowest BCUT2D eigenvalue weighted by atomic mass is 10.1. The zero-order chi connectivity index (χ0) is 22.8. The molecule has 0 saturated carbocycles. The number of halogens is 2. The number of carbonyl (C=O) groups excluding carboxylic acids is 2. The van der Waals surface area contributed by atoms with Gasteiger partial charge in [0.2, 0.25) is 11.8 Å². The minimum atomic E-state index is -0.862. The average Bonchev–Trinajstić information content (AvgIpc) is 3.20. The zero-order valence-electron chi connectivity index (χ0n) is 17.5. The first-order chi connectivity index (χ1) is 15.3. The molecule has 0 spiro atoms. The van der Waals surface area contributed by atoms with E-state index in [9.17, 15) is 18.4 Å².